The highest BCUT2D eigenvalue weighted by molar-refractivity contribution is 6.04. The van der Waals surface area contributed by atoms with Crippen LogP contribution in [0.25, 0.3) is 11.3 Å². The fraction of sp³-hybridized carbons (Fsp3) is 0.400. The number of hydrogen-bond donors (Lipinski definition) is 1. The van der Waals surface area contributed by atoms with E-state index in [0.717, 1.165) is 12.8 Å². The average molecular weight is 396 g/mol. The second-order valence-electron chi connectivity index (χ2n) is 7.34. The predicted octanol–water partition coefficient (Wildman–Crippen LogP) is 0.925. The molecular formula is C20H21FN6O2. The number of hydrogen-bond acceptors (Lipinski definition) is 5. The van der Waals surface area contributed by atoms with Crippen molar-refractivity contribution >= 4 is 17.6 Å². The number of terminal acetylenes is 1. The molecule has 0 spiro atoms. The molecule has 1 atom stereocenters. The molecule has 2 aliphatic rings. The van der Waals surface area contributed by atoms with Gasteiger partial charge in [-0.3, -0.25) is 14.3 Å². The summed E-state index contributed by atoms with van der Waals surface area (Å²) in [6, 6.07) is -0.132. The summed E-state index contributed by atoms with van der Waals surface area (Å²) in [6.07, 6.45) is 10.1. The van der Waals surface area contributed by atoms with Crippen molar-refractivity contribution in [3.8, 4) is 23.6 Å². The number of aromatic nitrogens is 3. The SMILES string of the molecule is C#CC(=O)N1CCCC(N(C)c2nc(-c3cnn(C)c3)c3c(c2F)CNC3=O)C1. The summed E-state index contributed by atoms with van der Waals surface area (Å²) >= 11 is 0. The minimum atomic E-state index is -0.520. The van der Waals surface area contributed by atoms with Gasteiger partial charge in [0.2, 0.25) is 0 Å². The number of fused-ring (bicyclic) bond motifs is 1. The van der Waals surface area contributed by atoms with Gasteiger partial charge in [-0.15, -0.1) is 6.42 Å². The van der Waals surface area contributed by atoms with Crippen LogP contribution in [0.3, 0.4) is 0 Å². The molecule has 2 aromatic rings. The van der Waals surface area contributed by atoms with Crippen molar-refractivity contribution in [1.29, 1.82) is 0 Å². The fourth-order valence-corrected chi connectivity index (χ4v) is 3.97. The molecule has 1 saturated heterocycles. The predicted molar refractivity (Wildman–Crippen MR) is 104 cm³/mol. The van der Waals surface area contributed by atoms with Gasteiger partial charge < -0.3 is 15.1 Å². The van der Waals surface area contributed by atoms with E-state index in [-0.39, 0.29) is 35.8 Å². The Kier molecular flexibility index (Phi) is 4.70. The third-order valence-corrected chi connectivity index (χ3v) is 5.54. The quantitative estimate of drug-likeness (QED) is 0.781. The zero-order valence-electron chi connectivity index (χ0n) is 16.3. The molecule has 1 N–H and O–H groups in total. The van der Waals surface area contributed by atoms with E-state index < -0.39 is 5.82 Å². The smallest absolute Gasteiger partial charge is 0.298 e. The van der Waals surface area contributed by atoms with Crippen LogP contribution in [0.5, 0.6) is 0 Å². The van der Waals surface area contributed by atoms with E-state index in [4.69, 9.17) is 6.42 Å². The van der Waals surface area contributed by atoms with Crippen LogP contribution in [0.4, 0.5) is 10.2 Å². The number of likely N-dealkylation sites (N-methyl/N-ethyl adjacent to an activating group) is 1. The number of pyridine rings is 1. The first-order chi connectivity index (χ1) is 13.9. The maximum Gasteiger partial charge on any atom is 0.298 e. The molecule has 0 aromatic carbocycles. The van der Waals surface area contributed by atoms with Crippen molar-refractivity contribution in [3.63, 3.8) is 0 Å². The molecule has 9 heteroatoms. The maximum absolute atomic E-state index is 15.3. The van der Waals surface area contributed by atoms with Gasteiger partial charge in [-0.05, 0) is 18.8 Å². The van der Waals surface area contributed by atoms with Gasteiger partial charge in [0, 0.05) is 57.1 Å². The van der Waals surface area contributed by atoms with Crippen molar-refractivity contribution in [2.24, 2.45) is 7.05 Å². The van der Waals surface area contributed by atoms with E-state index >= 15 is 4.39 Å². The van der Waals surface area contributed by atoms with Crippen LogP contribution in [-0.4, -0.2) is 57.7 Å². The van der Waals surface area contributed by atoms with Gasteiger partial charge in [0.15, 0.2) is 11.6 Å². The molecule has 2 aliphatic heterocycles. The normalized spacial score (nSPS) is 18.2. The molecule has 0 saturated carbocycles. The number of piperidine rings is 1. The van der Waals surface area contributed by atoms with Gasteiger partial charge in [-0.25, -0.2) is 9.37 Å². The van der Waals surface area contributed by atoms with E-state index in [1.165, 1.54) is 0 Å². The summed E-state index contributed by atoms with van der Waals surface area (Å²) in [5.74, 6) is 1.06. The van der Waals surface area contributed by atoms with Crippen LogP contribution >= 0.6 is 0 Å². The second-order valence-corrected chi connectivity index (χ2v) is 7.34. The molecule has 2 amide bonds. The monoisotopic (exact) mass is 396 g/mol. The van der Waals surface area contributed by atoms with Crippen molar-refractivity contribution < 1.29 is 14.0 Å². The molecular weight excluding hydrogens is 375 g/mol. The highest BCUT2D eigenvalue weighted by atomic mass is 19.1. The van der Waals surface area contributed by atoms with Crippen LogP contribution in [0.1, 0.15) is 28.8 Å². The van der Waals surface area contributed by atoms with Crippen LogP contribution < -0.4 is 10.2 Å². The lowest BCUT2D eigenvalue weighted by molar-refractivity contribution is -0.126. The van der Waals surface area contributed by atoms with Gasteiger partial charge >= 0.3 is 0 Å². The Labute approximate surface area is 167 Å². The first-order valence-electron chi connectivity index (χ1n) is 9.38. The number of carbonyl (C=O) groups excluding carboxylic acids is 2. The summed E-state index contributed by atoms with van der Waals surface area (Å²) in [7, 11) is 3.52. The van der Waals surface area contributed by atoms with Crippen molar-refractivity contribution in [1.82, 2.24) is 25.0 Å². The highest BCUT2D eigenvalue weighted by Crippen LogP contribution is 2.34. The number of likely N-dealkylation sites (tertiary alicyclic amines) is 1. The highest BCUT2D eigenvalue weighted by Gasteiger charge is 2.34. The zero-order valence-corrected chi connectivity index (χ0v) is 16.3. The number of amides is 2. The minimum absolute atomic E-state index is 0.114. The lowest BCUT2D eigenvalue weighted by Gasteiger charge is -2.37. The largest absolute Gasteiger partial charge is 0.352 e. The molecule has 8 nitrogen and oxygen atoms in total. The topological polar surface area (TPSA) is 83.4 Å². The molecule has 29 heavy (non-hydrogen) atoms. The van der Waals surface area contributed by atoms with Crippen molar-refractivity contribution in [3.05, 3.63) is 29.3 Å². The van der Waals surface area contributed by atoms with E-state index in [1.54, 1.807) is 41.0 Å². The van der Waals surface area contributed by atoms with Gasteiger partial charge in [0.05, 0.1) is 17.5 Å². The van der Waals surface area contributed by atoms with Crippen LogP contribution in [0.15, 0.2) is 12.4 Å². The first-order valence-corrected chi connectivity index (χ1v) is 9.38. The number of nitrogens with one attached hydrogen (secondary N) is 1. The molecule has 1 unspecified atom stereocenters. The second kappa shape index (κ2) is 7.20. The van der Waals surface area contributed by atoms with Crippen molar-refractivity contribution in [2.75, 3.05) is 25.0 Å². The molecule has 0 bridgehead atoms. The Hall–Kier alpha value is -3.41. The lowest BCUT2D eigenvalue weighted by atomic mass is 10.0. The summed E-state index contributed by atoms with van der Waals surface area (Å²) in [5, 5.41) is 6.82. The van der Waals surface area contributed by atoms with Crippen LogP contribution in [0, 0.1) is 18.2 Å². The molecule has 0 radical (unpaired) electrons. The summed E-state index contributed by atoms with van der Waals surface area (Å²) in [6.45, 7) is 1.10. The van der Waals surface area contributed by atoms with E-state index in [0.29, 0.717) is 29.9 Å². The third-order valence-electron chi connectivity index (χ3n) is 5.54. The van der Waals surface area contributed by atoms with Crippen molar-refractivity contribution in [2.45, 2.75) is 25.4 Å². The van der Waals surface area contributed by atoms with Gasteiger partial charge in [0.25, 0.3) is 11.8 Å². The Morgan fingerprint density at radius 2 is 2.28 bits per heavy atom. The maximum atomic E-state index is 15.3. The van der Waals surface area contributed by atoms with Crippen LogP contribution in [0.2, 0.25) is 0 Å². The Morgan fingerprint density at radius 1 is 1.48 bits per heavy atom. The number of rotatable bonds is 3. The number of nitrogens with zero attached hydrogens (tertiary/aromatic N) is 5. The summed E-state index contributed by atoms with van der Waals surface area (Å²) in [4.78, 5) is 32.1. The van der Waals surface area contributed by atoms with Gasteiger partial charge in [-0.2, -0.15) is 5.10 Å². The average Bonchev–Trinajstić information content (AvgIpc) is 3.34. The number of anilines is 1. The Morgan fingerprint density at radius 3 is 2.97 bits per heavy atom. The fourth-order valence-electron chi connectivity index (χ4n) is 3.97. The minimum Gasteiger partial charge on any atom is -0.352 e. The molecule has 2 aromatic heterocycles. The third kappa shape index (κ3) is 3.20. The van der Waals surface area contributed by atoms with E-state index in [2.05, 4.69) is 21.3 Å². The first kappa shape index (κ1) is 18.9. The Balaban J connectivity index is 1.75. The summed E-state index contributed by atoms with van der Waals surface area (Å²) in [5.41, 5.74) is 1.60. The lowest BCUT2D eigenvalue weighted by Crippen LogP contribution is -2.49. The van der Waals surface area contributed by atoms with Gasteiger partial charge in [0.1, 0.15) is 0 Å². The van der Waals surface area contributed by atoms with Crippen LogP contribution in [-0.2, 0) is 18.4 Å². The Bertz CT molecular complexity index is 1040. The zero-order chi connectivity index (χ0) is 20.7. The molecule has 150 valence electrons. The number of carbonyl (C=O) groups is 2. The number of halogens is 1. The number of aryl methyl sites for hydroxylation is 1. The standard InChI is InChI=1S/C20H21FN6O2/c1-4-15(28)27-7-5-6-13(11-27)26(3)19-17(21)14-9-22-20(29)16(14)18(24-19)12-8-23-25(2)10-12/h1,8,10,13H,5-7,9,11H2,2-3H3,(H,22,29). The molecule has 0 aliphatic carbocycles. The van der Waals surface area contributed by atoms with E-state index in [9.17, 15) is 9.59 Å². The molecule has 4 rings (SSSR count). The van der Waals surface area contributed by atoms with Gasteiger partial charge in [-0.1, -0.05) is 0 Å². The molecule has 1 fully saturated rings. The van der Waals surface area contributed by atoms with E-state index in [1.807, 2.05) is 0 Å². The molecule has 4 heterocycles. The summed E-state index contributed by atoms with van der Waals surface area (Å²) < 4.78 is 16.9.